The predicted octanol–water partition coefficient (Wildman–Crippen LogP) is 1.81. The molecule has 2 aliphatic rings. The number of amides is 1. The highest BCUT2D eigenvalue weighted by molar-refractivity contribution is 5.89. The van der Waals surface area contributed by atoms with Gasteiger partial charge in [0.1, 0.15) is 12.4 Å². The van der Waals surface area contributed by atoms with E-state index in [1.54, 1.807) is 4.90 Å². The van der Waals surface area contributed by atoms with Gasteiger partial charge in [0.15, 0.2) is 0 Å². The molecule has 1 aromatic rings. The van der Waals surface area contributed by atoms with Crippen LogP contribution in [0.15, 0.2) is 24.3 Å². The molecule has 0 N–H and O–H groups in total. The van der Waals surface area contributed by atoms with Crippen LogP contribution in [0.2, 0.25) is 0 Å². The van der Waals surface area contributed by atoms with Crippen molar-refractivity contribution < 1.29 is 14.3 Å². The normalized spacial score (nSPS) is 19.8. The Bertz CT molecular complexity index is 488. The summed E-state index contributed by atoms with van der Waals surface area (Å²) >= 11 is 0. The molecule has 1 aromatic carbocycles. The molecular weight excluding hydrogens is 244 g/mol. The molecule has 5 nitrogen and oxygen atoms in total. The van der Waals surface area contributed by atoms with Gasteiger partial charge in [-0.15, -0.1) is 0 Å². The molecule has 0 aromatic heterocycles. The van der Waals surface area contributed by atoms with Crippen LogP contribution in [0, 0.1) is 0 Å². The van der Waals surface area contributed by atoms with Gasteiger partial charge in [0.2, 0.25) is 0 Å². The van der Waals surface area contributed by atoms with E-state index in [1.807, 2.05) is 24.3 Å². The van der Waals surface area contributed by atoms with Crippen LogP contribution in [0.4, 0.5) is 16.2 Å². The zero-order valence-corrected chi connectivity index (χ0v) is 10.7. The minimum absolute atomic E-state index is 0.281. The first kappa shape index (κ1) is 12.0. The molecule has 2 heterocycles. The minimum atomic E-state index is -0.281. The second kappa shape index (κ2) is 4.91. The topological polar surface area (TPSA) is 49.9 Å². The van der Waals surface area contributed by atoms with Gasteiger partial charge in [0.25, 0.3) is 0 Å². The first-order chi connectivity index (χ1) is 9.24. The van der Waals surface area contributed by atoms with Crippen molar-refractivity contribution in [3.8, 4) is 0 Å². The number of hydrogen-bond donors (Lipinski definition) is 0. The van der Waals surface area contributed by atoms with Crippen LogP contribution in [-0.2, 0) is 9.53 Å². The van der Waals surface area contributed by atoms with Gasteiger partial charge in [0, 0.05) is 37.3 Å². The molecule has 100 valence electrons. The van der Waals surface area contributed by atoms with E-state index in [-0.39, 0.29) is 6.09 Å². The van der Waals surface area contributed by atoms with E-state index in [2.05, 4.69) is 4.90 Å². The van der Waals surface area contributed by atoms with Crippen molar-refractivity contribution in [1.82, 2.24) is 0 Å². The average molecular weight is 260 g/mol. The number of rotatable bonds is 2. The summed E-state index contributed by atoms with van der Waals surface area (Å²) in [6, 6.07) is 7.85. The van der Waals surface area contributed by atoms with Crippen LogP contribution in [-0.4, -0.2) is 38.1 Å². The Morgan fingerprint density at radius 2 is 1.53 bits per heavy atom. The summed E-state index contributed by atoms with van der Waals surface area (Å²) in [5, 5.41) is 0. The maximum absolute atomic E-state index is 11.5. The average Bonchev–Trinajstić information content (AvgIpc) is 2.86. The number of carbonyl (C=O) groups is 2. The molecule has 0 aliphatic carbocycles. The number of ether oxygens (including phenoxy) is 1. The maximum atomic E-state index is 11.5. The largest absolute Gasteiger partial charge is 0.447 e. The first-order valence-corrected chi connectivity index (χ1v) is 6.55. The van der Waals surface area contributed by atoms with Gasteiger partial charge in [-0.2, -0.15) is 0 Å². The molecular formula is C14H16N2O3. The lowest BCUT2D eigenvalue weighted by Crippen LogP contribution is -2.33. The number of piperidine rings is 1. The van der Waals surface area contributed by atoms with E-state index in [9.17, 15) is 9.59 Å². The molecule has 2 fully saturated rings. The zero-order valence-electron chi connectivity index (χ0n) is 10.7. The van der Waals surface area contributed by atoms with Crippen molar-refractivity contribution in [2.45, 2.75) is 12.8 Å². The second-order valence-electron chi connectivity index (χ2n) is 4.81. The van der Waals surface area contributed by atoms with Crippen molar-refractivity contribution in [3.05, 3.63) is 24.3 Å². The summed E-state index contributed by atoms with van der Waals surface area (Å²) in [5.41, 5.74) is 1.96. The van der Waals surface area contributed by atoms with E-state index in [0.717, 1.165) is 24.5 Å². The number of cyclic esters (lactones) is 1. The highest BCUT2D eigenvalue weighted by Crippen LogP contribution is 2.24. The zero-order chi connectivity index (χ0) is 13.2. The SMILES string of the molecule is O=C1CCN(c2ccc(N3CCOC3=O)cc2)CC1. The van der Waals surface area contributed by atoms with Crippen molar-refractivity contribution in [2.24, 2.45) is 0 Å². The van der Waals surface area contributed by atoms with E-state index in [4.69, 9.17) is 4.74 Å². The maximum Gasteiger partial charge on any atom is 0.414 e. The third-order valence-corrected chi connectivity index (χ3v) is 3.61. The molecule has 0 radical (unpaired) electrons. The van der Waals surface area contributed by atoms with Gasteiger partial charge in [-0.25, -0.2) is 4.79 Å². The summed E-state index contributed by atoms with van der Waals surface area (Å²) in [6.45, 7) is 2.62. The third kappa shape index (κ3) is 2.41. The van der Waals surface area contributed by atoms with E-state index in [1.165, 1.54) is 0 Å². The van der Waals surface area contributed by atoms with Crippen molar-refractivity contribution in [2.75, 3.05) is 36.0 Å². The Labute approximate surface area is 111 Å². The lowest BCUT2D eigenvalue weighted by Gasteiger charge is -2.28. The van der Waals surface area contributed by atoms with Crippen molar-refractivity contribution in [1.29, 1.82) is 0 Å². The Balaban J connectivity index is 1.72. The lowest BCUT2D eigenvalue weighted by atomic mass is 10.1. The summed E-state index contributed by atoms with van der Waals surface area (Å²) in [6.07, 6.45) is 0.969. The summed E-state index contributed by atoms with van der Waals surface area (Å²) in [4.78, 5) is 26.5. The summed E-state index contributed by atoms with van der Waals surface area (Å²) < 4.78 is 4.92. The standard InChI is InChI=1S/C14H16N2O3/c17-13-5-7-15(8-6-13)11-1-3-12(4-2-11)16-9-10-19-14(16)18/h1-4H,5-10H2. The van der Waals surface area contributed by atoms with Gasteiger partial charge in [-0.1, -0.05) is 0 Å². The Kier molecular flexibility index (Phi) is 3.11. The Hall–Kier alpha value is -2.04. The second-order valence-corrected chi connectivity index (χ2v) is 4.81. The van der Waals surface area contributed by atoms with E-state index < -0.39 is 0 Å². The van der Waals surface area contributed by atoms with Gasteiger partial charge in [-0.05, 0) is 24.3 Å². The monoisotopic (exact) mass is 260 g/mol. The summed E-state index contributed by atoms with van der Waals surface area (Å²) in [5.74, 6) is 0.340. The summed E-state index contributed by atoms with van der Waals surface area (Å²) in [7, 11) is 0. The predicted molar refractivity (Wildman–Crippen MR) is 71.6 cm³/mol. The van der Waals surface area contributed by atoms with Gasteiger partial charge in [0.05, 0.1) is 6.54 Å². The quantitative estimate of drug-likeness (QED) is 0.813. The highest BCUT2D eigenvalue weighted by Gasteiger charge is 2.23. The van der Waals surface area contributed by atoms with Crippen LogP contribution < -0.4 is 9.80 Å². The molecule has 0 spiro atoms. The number of ketones is 1. The van der Waals surface area contributed by atoms with Crippen LogP contribution >= 0.6 is 0 Å². The number of hydrogen-bond acceptors (Lipinski definition) is 4. The molecule has 2 aliphatic heterocycles. The Morgan fingerprint density at radius 1 is 0.895 bits per heavy atom. The molecule has 0 saturated carbocycles. The van der Waals surface area contributed by atoms with E-state index in [0.29, 0.717) is 31.8 Å². The van der Waals surface area contributed by atoms with Crippen molar-refractivity contribution >= 4 is 23.3 Å². The molecule has 0 atom stereocenters. The lowest BCUT2D eigenvalue weighted by molar-refractivity contribution is -0.119. The smallest absolute Gasteiger partial charge is 0.414 e. The van der Waals surface area contributed by atoms with Crippen LogP contribution in [0.3, 0.4) is 0 Å². The third-order valence-electron chi connectivity index (χ3n) is 3.61. The molecule has 3 rings (SSSR count). The number of Topliss-reactive ketones (excluding diaryl/α,β-unsaturated/α-hetero) is 1. The molecule has 2 saturated heterocycles. The first-order valence-electron chi connectivity index (χ1n) is 6.55. The number of carbonyl (C=O) groups excluding carboxylic acids is 2. The molecule has 0 unspecified atom stereocenters. The number of nitrogens with zero attached hydrogens (tertiary/aromatic N) is 2. The van der Waals surface area contributed by atoms with Gasteiger partial charge >= 0.3 is 6.09 Å². The van der Waals surface area contributed by atoms with Crippen LogP contribution in [0.25, 0.3) is 0 Å². The van der Waals surface area contributed by atoms with Gasteiger partial charge in [-0.3, -0.25) is 9.69 Å². The minimum Gasteiger partial charge on any atom is -0.447 e. The van der Waals surface area contributed by atoms with Gasteiger partial charge < -0.3 is 9.64 Å². The van der Waals surface area contributed by atoms with E-state index >= 15 is 0 Å². The molecule has 19 heavy (non-hydrogen) atoms. The fourth-order valence-corrected chi connectivity index (χ4v) is 2.49. The Morgan fingerprint density at radius 3 is 2.11 bits per heavy atom. The fraction of sp³-hybridized carbons (Fsp3) is 0.429. The molecule has 0 bridgehead atoms. The molecule has 5 heteroatoms. The number of benzene rings is 1. The fourth-order valence-electron chi connectivity index (χ4n) is 2.49. The van der Waals surface area contributed by atoms with Crippen molar-refractivity contribution in [3.63, 3.8) is 0 Å². The highest BCUT2D eigenvalue weighted by atomic mass is 16.6. The number of anilines is 2. The van der Waals surface area contributed by atoms with Crippen LogP contribution in [0.5, 0.6) is 0 Å². The molecule has 1 amide bonds. The van der Waals surface area contributed by atoms with Crippen LogP contribution in [0.1, 0.15) is 12.8 Å².